The van der Waals surface area contributed by atoms with Gasteiger partial charge in [0.15, 0.2) is 0 Å². The summed E-state index contributed by atoms with van der Waals surface area (Å²) in [5.74, 6) is 0. The van der Waals surface area contributed by atoms with Gasteiger partial charge in [0.05, 0.1) is 16.9 Å². The predicted octanol–water partition coefficient (Wildman–Crippen LogP) is 4.69. The van der Waals surface area contributed by atoms with Crippen LogP contribution in [0.15, 0.2) is 76.5 Å². The topological polar surface area (TPSA) is 50.1 Å². The molecule has 4 nitrogen and oxygen atoms in total. The molecular formula is C22H19N3O. The Labute approximate surface area is 151 Å². The van der Waals surface area contributed by atoms with Crippen molar-refractivity contribution in [2.75, 3.05) is 0 Å². The van der Waals surface area contributed by atoms with E-state index in [-0.39, 0.29) is 5.56 Å². The van der Waals surface area contributed by atoms with Crippen LogP contribution in [-0.2, 0) is 0 Å². The molecule has 0 fully saturated rings. The molecule has 0 atom stereocenters. The third-order valence-electron chi connectivity index (χ3n) is 4.51. The summed E-state index contributed by atoms with van der Waals surface area (Å²) in [4.78, 5) is 17.4. The van der Waals surface area contributed by atoms with Gasteiger partial charge in [0.2, 0.25) is 0 Å². The fraction of sp³-hybridized carbons (Fsp3) is 0.0909. The van der Waals surface area contributed by atoms with Crippen molar-refractivity contribution < 1.29 is 0 Å². The molecule has 0 aliphatic carbocycles. The summed E-state index contributed by atoms with van der Waals surface area (Å²) in [5.41, 5.74) is 4.08. The van der Waals surface area contributed by atoms with Crippen molar-refractivity contribution >= 4 is 22.7 Å². The van der Waals surface area contributed by atoms with Gasteiger partial charge in [-0.15, -0.1) is 0 Å². The SMILES string of the molecule is Cc1ccc(-n2[nH]c(C)c(C=Nc3cccc4ccccc34)c2=O)cc1. The summed E-state index contributed by atoms with van der Waals surface area (Å²) in [5, 5.41) is 5.33. The Morgan fingerprint density at radius 1 is 0.923 bits per heavy atom. The Hall–Kier alpha value is -3.40. The van der Waals surface area contributed by atoms with E-state index >= 15 is 0 Å². The molecule has 128 valence electrons. The van der Waals surface area contributed by atoms with Crippen molar-refractivity contribution in [2.24, 2.45) is 4.99 Å². The highest BCUT2D eigenvalue weighted by atomic mass is 16.1. The van der Waals surface area contributed by atoms with E-state index in [2.05, 4.69) is 22.2 Å². The van der Waals surface area contributed by atoms with Crippen LogP contribution >= 0.6 is 0 Å². The highest BCUT2D eigenvalue weighted by molar-refractivity contribution is 5.95. The van der Waals surface area contributed by atoms with Gasteiger partial charge in [0.25, 0.3) is 5.56 Å². The monoisotopic (exact) mass is 341 g/mol. The summed E-state index contributed by atoms with van der Waals surface area (Å²) in [6.45, 7) is 3.91. The van der Waals surface area contributed by atoms with Crippen LogP contribution in [-0.4, -0.2) is 16.0 Å². The largest absolute Gasteiger partial charge is 0.295 e. The summed E-state index contributed by atoms with van der Waals surface area (Å²) < 4.78 is 1.55. The van der Waals surface area contributed by atoms with Gasteiger partial charge >= 0.3 is 0 Å². The maximum atomic E-state index is 12.8. The number of aliphatic imine (C=N–C) groups is 1. The Kier molecular flexibility index (Phi) is 4.01. The molecule has 1 aromatic heterocycles. The van der Waals surface area contributed by atoms with Gasteiger partial charge < -0.3 is 0 Å². The van der Waals surface area contributed by atoms with Gasteiger partial charge in [0.1, 0.15) is 0 Å². The van der Waals surface area contributed by atoms with E-state index in [4.69, 9.17) is 0 Å². The number of rotatable bonds is 3. The standard InChI is InChI=1S/C22H19N3O/c1-15-10-12-18(13-11-15)25-22(26)20(16(2)24-25)14-23-21-9-5-7-17-6-3-4-8-19(17)21/h3-14,24H,1-2H3. The van der Waals surface area contributed by atoms with Crippen LogP contribution < -0.4 is 5.56 Å². The molecule has 26 heavy (non-hydrogen) atoms. The normalized spacial score (nSPS) is 11.5. The molecule has 0 radical (unpaired) electrons. The van der Waals surface area contributed by atoms with Crippen molar-refractivity contribution in [1.82, 2.24) is 9.78 Å². The first-order valence-corrected chi connectivity index (χ1v) is 8.54. The number of aryl methyl sites for hydroxylation is 2. The Bertz CT molecular complexity index is 1160. The average molecular weight is 341 g/mol. The van der Waals surface area contributed by atoms with E-state index in [0.717, 1.165) is 33.4 Å². The van der Waals surface area contributed by atoms with E-state index in [9.17, 15) is 4.79 Å². The Morgan fingerprint density at radius 2 is 1.65 bits per heavy atom. The lowest BCUT2D eigenvalue weighted by molar-refractivity contribution is 0.835. The molecule has 0 amide bonds. The van der Waals surface area contributed by atoms with Crippen molar-refractivity contribution in [3.05, 3.63) is 93.9 Å². The minimum atomic E-state index is -0.102. The maximum absolute atomic E-state index is 12.8. The zero-order valence-electron chi connectivity index (χ0n) is 14.7. The molecule has 0 bridgehead atoms. The second-order valence-electron chi connectivity index (χ2n) is 6.38. The van der Waals surface area contributed by atoms with E-state index < -0.39 is 0 Å². The van der Waals surface area contributed by atoms with E-state index in [0.29, 0.717) is 5.56 Å². The van der Waals surface area contributed by atoms with E-state index in [1.165, 1.54) is 0 Å². The number of hydrogen-bond acceptors (Lipinski definition) is 2. The first kappa shape index (κ1) is 16.1. The lowest BCUT2D eigenvalue weighted by Crippen LogP contribution is -2.17. The highest BCUT2D eigenvalue weighted by Gasteiger charge is 2.10. The molecule has 1 N–H and O–H groups in total. The fourth-order valence-electron chi connectivity index (χ4n) is 3.04. The number of fused-ring (bicyclic) bond motifs is 1. The van der Waals surface area contributed by atoms with E-state index in [1.807, 2.05) is 68.4 Å². The van der Waals surface area contributed by atoms with Crippen LogP contribution in [0.1, 0.15) is 16.8 Å². The second-order valence-corrected chi connectivity index (χ2v) is 6.38. The van der Waals surface area contributed by atoms with Gasteiger partial charge in [-0.3, -0.25) is 14.9 Å². The average Bonchev–Trinajstić information content (AvgIpc) is 2.94. The summed E-state index contributed by atoms with van der Waals surface area (Å²) >= 11 is 0. The van der Waals surface area contributed by atoms with Crippen molar-refractivity contribution in [2.45, 2.75) is 13.8 Å². The fourth-order valence-corrected chi connectivity index (χ4v) is 3.04. The van der Waals surface area contributed by atoms with Gasteiger partial charge in [-0.1, -0.05) is 54.1 Å². The Morgan fingerprint density at radius 3 is 2.46 bits per heavy atom. The number of nitrogens with one attached hydrogen (secondary N) is 1. The van der Waals surface area contributed by atoms with Gasteiger partial charge in [-0.25, -0.2) is 4.68 Å². The molecule has 0 aliphatic rings. The molecule has 0 saturated carbocycles. The molecule has 0 unspecified atom stereocenters. The predicted molar refractivity (Wildman–Crippen MR) is 107 cm³/mol. The molecule has 0 spiro atoms. The minimum Gasteiger partial charge on any atom is -0.295 e. The van der Waals surface area contributed by atoms with Crippen LogP contribution in [0.3, 0.4) is 0 Å². The first-order chi connectivity index (χ1) is 12.6. The van der Waals surface area contributed by atoms with Crippen LogP contribution in [0.5, 0.6) is 0 Å². The van der Waals surface area contributed by atoms with E-state index in [1.54, 1.807) is 10.9 Å². The second kappa shape index (κ2) is 6.48. The third kappa shape index (κ3) is 2.86. The number of aromatic amines is 1. The molecule has 0 saturated heterocycles. The highest BCUT2D eigenvalue weighted by Crippen LogP contribution is 2.25. The number of aromatic nitrogens is 2. The smallest absolute Gasteiger partial charge is 0.280 e. The lowest BCUT2D eigenvalue weighted by atomic mass is 10.1. The molecular weight excluding hydrogens is 322 g/mol. The van der Waals surface area contributed by atoms with Gasteiger partial charge in [-0.05, 0) is 37.4 Å². The van der Waals surface area contributed by atoms with Crippen LogP contribution in [0, 0.1) is 13.8 Å². The number of nitrogens with zero attached hydrogens (tertiary/aromatic N) is 2. The molecule has 4 aromatic rings. The number of H-pyrrole nitrogens is 1. The van der Waals surface area contributed by atoms with Gasteiger partial charge in [0, 0.05) is 17.3 Å². The molecule has 4 rings (SSSR count). The molecule has 0 aliphatic heterocycles. The maximum Gasteiger partial charge on any atom is 0.280 e. The summed E-state index contributed by atoms with van der Waals surface area (Å²) in [6, 6.07) is 21.9. The van der Waals surface area contributed by atoms with Gasteiger partial charge in [-0.2, -0.15) is 0 Å². The zero-order valence-corrected chi connectivity index (χ0v) is 14.7. The third-order valence-corrected chi connectivity index (χ3v) is 4.51. The molecule has 4 heteroatoms. The van der Waals surface area contributed by atoms with Crippen LogP contribution in [0.4, 0.5) is 5.69 Å². The van der Waals surface area contributed by atoms with Crippen molar-refractivity contribution in [1.29, 1.82) is 0 Å². The quantitative estimate of drug-likeness (QED) is 0.540. The van der Waals surface area contributed by atoms with Crippen molar-refractivity contribution in [3.63, 3.8) is 0 Å². The van der Waals surface area contributed by atoms with Crippen molar-refractivity contribution in [3.8, 4) is 5.69 Å². The van der Waals surface area contributed by atoms with Crippen LogP contribution in [0.25, 0.3) is 16.5 Å². The number of hydrogen-bond donors (Lipinski definition) is 1. The van der Waals surface area contributed by atoms with Crippen LogP contribution in [0.2, 0.25) is 0 Å². The summed E-state index contributed by atoms with van der Waals surface area (Å²) in [6.07, 6.45) is 1.65. The minimum absolute atomic E-state index is 0.102. The number of benzene rings is 3. The summed E-state index contributed by atoms with van der Waals surface area (Å²) in [7, 11) is 0. The molecule has 1 heterocycles. The first-order valence-electron chi connectivity index (χ1n) is 8.54. The molecule has 3 aromatic carbocycles. The lowest BCUT2D eigenvalue weighted by Gasteiger charge is -2.01. The Balaban J connectivity index is 1.76. The zero-order chi connectivity index (χ0) is 18.1.